The lowest BCUT2D eigenvalue weighted by Gasteiger charge is -2.22. The number of rotatable bonds is 3. The van der Waals surface area contributed by atoms with Crippen LogP contribution in [-0.2, 0) is 0 Å². The topological polar surface area (TPSA) is 85.0 Å². The second-order valence-electron chi connectivity index (χ2n) is 4.97. The lowest BCUT2D eigenvalue weighted by Crippen LogP contribution is -2.29. The van der Waals surface area contributed by atoms with E-state index in [1.54, 1.807) is 19.2 Å². The molecule has 0 spiro atoms. The molecule has 1 fully saturated rings. The van der Waals surface area contributed by atoms with E-state index in [1.807, 2.05) is 10.9 Å². The molecule has 3 heterocycles. The van der Waals surface area contributed by atoms with E-state index in [1.165, 1.54) is 0 Å². The van der Waals surface area contributed by atoms with E-state index in [-0.39, 0.29) is 11.6 Å². The Labute approximate surface area is 116 Å². The van der Waals surface area contributed by atoms with Gasteiger partial charge in [0.2, 0.25) is 0 Å². The van der Waals surface area contributed by atoms with E-state index >= 15 is 0 Å². The molecule has 3 rings (SSSR count). The first kappa shape index (κ1) is 12.9. The molecule has 0 atom stereocenters. The average molecular weight is 275 g/mol. The molecule has 0 unspecified atom stereocenters. The van der Waals surface area contributed by atoms with E-state index in [2.05, 4.69) is 20.9 Å². The zero-order chi connectivity index (χ0) is 13.9. The SMILES string of the molecule is Cc1cc(C(=O)Nc2cnn(C3CCNCC3)c2)no1. The van der Waals surface area contributed by atoms with Gasteiger partial charge in [-0.25, -0.2) is 0 Å². The molecule has 0 aromatic carbocycles. The number of amides is 1. The standard InChI is InChI=1S/C13H17N5O2/c1-9-6-12(17-20-9)13(19)16-10-7-15-18(8-10)11-2-4-14-5-3-11/h6-8,11,14H,2-5H2,1H3,(H,16,19). The molecule has 20 heavy (non-hydrogen) atoms. The number of aromatic nitrogens is 3. The maximum atomic E-state index is 11.9. The molecular formula is C13H17N5O2. The fraction of sp³-hybridized carbons (Fsp3) is 0.462. The quantitative estimate of drug-likeness (QED) is 0.883. The van der Waals surface area contributed by atoms with Crippen molar-refractivity contribution in [2.75, 3.05) is 18.4 Å². The largest absolute Gasteiger partial charge is 0.361 e. The van der Waals surface area contributed by atoms with E-state index in [0.29, 0.717) is 17.5 Å². The first-order valence-corrected chi connectivity index (χ1v) is 6.72. The van der Waals surface area contributed by atoms with Gasteiger partial charge in [-0.1, -0.05) is 5.16 Å². The van der Waals surface area contributed by atoms with Crippen molar-refractivity contribution in [2.45, 2.75) is 25.8 Å². The number of hydrogen-bond donors (Lipinski definition) is 2. The summed E-state index contributed by atoms with van der Waals surface area (Å²) in [5, 5.41) is 14.1. The van der Waals surface area contributed by atoms with Crippen molar-refractivity contribution in [3.63, 3.8) is 0 Å². The monoisotopic (exact) mass is 275 g/mol. The summed E-state index contributed by atoms with van der Waals surface area (Å²) < 4.78 is 6.81. The Kier molecular flexibility index (Phi) is 3.51. The molecule has 1 saturated heterocycles. The summed E-state index contributed by atoms with van der Waals surface area (Å²) in [7, 11) is 0. The molecule has 7 heteroatoms. The van der Waals surface area contributed by atoms with Crippen LogP contribution >= 0.6 is 0 Å². The highest BCUT2D eigenvalue weighted by Gasteiger charge is 2.17. The first-order valence-electron chi connectivity index (χ1n) is 6.72. The van der Waals surface area contributed by atoms with E-state index in [4.69, 9.17) is 4.52 Å². The Morgan fingerprint density at radius 3 is 3.00 bits per heavy atom. The molecule has 7 nitrogen and oxygen atoms in total. The van der Waals surface area contributed by atoms with Gasteiger partial charge < -0.3 is 15.2 Å². The van der Waals surface area contributed by atoms with Gasteiger partial charge in [-0.3, -0.25) is 9.48 Å². The minimum Gasteiger partial charge on any atom is -0.361 e. The molecule has 2 aromatic rings. The Bertz CT molecular complexity index is 597. The maximum Gasteiger partial charge on any atom is 0.277 e. The van der Waals surface area contributed by atoms with Gasteiger partial charge in [0, 0.05) is 12.3 Å². The van der Waals surface area contributed by atoms with Crippen LogP contribution < -0.4 is 10.6 Å². The van der Waals surface area contributed by atoms with Crippen molar-refractivity contribution in [3.05, 3.63) is 29.9 Å². The summed E-state index contributed by atoms with van der Waals surface area (Å²) in [6.45, 7) is 3.76. The van der Waals surface area contributed by atoms with Crippen molar-refractivity contribution in [2.24, 2.45) is 0 Å². The van der Waals surface area contributed by atoms with Gasteiger partial charge in [-0.05, 0) is 32.9 Å². The molecule has 2 aromatic heterocycles. The van der Waals surface area contributed by atoms with Crippen molar-refractivity contribution < 1.29 is 9.32 Å². The van der Waals surface area contributed by atoms with Gasteiger partial charge in [0.25, 0.3) is 5.91 Å². The molecule has 0 bridgehead atoms. The number of nitrogens with zero attached hydrogens (tertiary/aromatic N) is 3. The average Bonchev–Trinajstić information content (AvgIpc) is 3.09. The van der Waals surface area contributed by atoms with E-state index in [9.17, 15) is 4.79 Å². The third kappa shape index (κ3) is 2.72. The molecule has 2 N–H and O–H groups in total. The second-order valence-corrected chi connectivity index (χ2v) is 4.97. The smallest absolute Gasteiger partial charge is 0.277 e. The van der Waals surface area contributed by atoms with Crippen LogP contribution in [0.5, 0.6) is 0 Å². The molecule has 106 valence electrons. The number of aryl methyl sites for hydroxylation is 1. The van der Waals surface area contributed by atoms with Crippen LogP contribution in [0.4, 0.5) is 5.69 Å². The molecule has 0 aliphatic carbocycles. The summed E-state index contributed by atoms with van der Waals surface area (Å²) in [5.41, 5.74) is 0.950. The fourth-order valence-corrected chi connectivity index (χ4v) is 2.34. The zero-order valence-corrected chi connectivity index (χ0v) is 11.3. The van der Waals surface area contributed by atoms with Crippen LogP contribution in [-0.4, -0.2) is 33.9 Å². The number of piperidine rings is 1. The van der Waals surface area contributed by atoms with Crippen LogP contribution in [0, 0.1) is 6.92 Å². The number of nitrogens with one attached hydrogen (secondary N) is 2. The zero-order valence-electron chi connectivity index (χ0n) is 11.3. The maximum absolute atomic E-state index is 11.9. The highest BCUT2D eigenvalue weighted by Crippen LogP contribution is 2.19. The lowest BCUT2D eigenvalue weighted by molar-refractivity contribution is 0.101. The third-order valence-corrected chi connectivity index (χ3v) is 3.40. The number of carbonyl (C=O) groups excluding carboxylic acids is 1. The number of carbonyl (C=O) groups is 1. The Morgan fingerprint density at radius 1 is 1.50 bits per heavy atom. The minimum absolute atomic E-state index is 0.275. The summed E-state index contributed by atoms with van der Waals surface area (Å²) >= 11 is 0. The second kappa shape index (κ2) is 5.46. The third-order valence-electron chi connectivity index (χ3n) is 3.40. The predicted molar refractivity (Wildman–Crippen MR) is 72.6 cm³/mol. The fourth-order valence-electron chi connectivity index (χ4n) is 2.34. The summed E-state index contributed by atoms with van der Waals surface area (Å²) in [4.78, 5) is 11.9. The molecule has 0 saturated carbocycles. The van der Waals surface area contributed by atoms with E-state index < -0.39 is 0 Å². The van der Waals surface area contributed by atoms with Crippen LogP contribution in [0.3, 0.4) is 0 Å². The Hall–Kier alpha value is -2.15. The van der Waals surface area contributed by atoms with Crippen molar-refractivity contribution in [1.29, 1.82) is 0 Å². The summed E-state index contributed by atoms with van der Waals surface area (Å²) in [5.74, 6) is 0.326. The normalized spacial score (nSPS) is 16.2. The van der Waals surface area contributed by atoms with Crippen LogP contribution in [0.15, 0.2) is 23.0 Å². The summed E-state index contributed by atoms with van der Waals surface area (Å²) in [6, 6.07) is 2.00. The lowest BCUT2D eigenvalue weighted by atomic mass is 10.1. The van der Waals surface area contributed by atoms with Gasteiger partial charge in [0.05, 0.1) is 17.9 Å². The van der Waals surface area contributed by atoms with Gasteiger partial charge in [-0.15, -0.1) is 0 Å². The minimum atomic E-state index is -0.285. The molecule has 1 aliphatic heterocycles. The van der Waals surface area contributed by atoms with Gasteiger partial charge in [0.1, 0.15) is 5.76 Å². The van der Waals surface area contributed by atoms with Gasteiger partial charge in [0.15, 0.2) is 5.69 Å². The van der Waals surface area contributed by atoms with Crippen molar-refractivity contribution >= 4 is 11.6 Å². The van der Waals surface area contributed by atoms with Crippen LogP contribution in [0.2, 0.25) is 0 Å². The van der Waals surface area contributed by atoms with Crippen LogP contribution in [0.1, 0.15) is 35.1 Å². The van der Waals surface area contributed by atoms with Crippen molar-refractivity contribution in [3.8, 4) is 0 Å². The molecular weight excluding hydrogens is 258 g/mol. The summed E-state index contributed by atoms with van der Waals surface area (Å²) in [6.07, 6.45) is 5.63. The van der Waals surface area contributed by atoms with Gasteiger partial charge >= 0.3 is 0 Å². The molecule has 1 amide bonds. The number of hydrogen-bond acceptors (Lipinski definition) is 5. The Morgan fingerprint density at radius 2 is 2.30 bits per heavy atom. The van der Waals surface area contributed by atoms with Crippen molar-refractivity contribution in [1.82, 2.24) is 20.3 Å². The predicted octanol–water partition coefficient (Wildman–Crippen LogP) is 1.36. The molecule has 1 aliphatic rings. The van der Waals surface area contributed by atoms with Crippen LogP contribution in [0.25, 0.3) is 0 Å². The Balaban J connectivity index is 1.66. The van der Waals surface area contributed by atoms with Gasteiger partial charge in [-0.2, -0.15) is 5.10 Å². The molecule has 0 radical (unpaired) electrons. The highest BCUT2D eigenvalue weighted by molar-refractivity contribution is 6.02. The highest BCUT2D eigenvalue weighted by atomic mass is 16.5. The first-order chi connectivity index (χ1) is 9.72. The van der Waals surface area contributed by atoms with E-state index in [0.717, 1.165) is 25.9 Å². The number of anilines is 1.